The molecule has 1 aromatic rings. The molecule has 4 N–H and O–H groups in total. The van der Waals surface area contributed by atoms with Crippen molar-refractivity contribution in [3.8, 4) is 0 Å². The molecule has 2 heterocycles. The maximum absolute atomic E-state index is 13.9. The van der Waals surface area contributed by atoms with E-state index in [-0.39, 0.29) is 24.9 Å². The van der Waals surface area contributed by atoms with Gasteiger partial charge in [0.15, 0.2) is 0 Å². The summed E-state index contributed by atoms with van der Waals surface area (Å²) >= 11 is 0. The monoisotopic (exact) mass is 519 g/mol. The Morgan fingerprint density at radius 3 is 2.42 bits per heavy atom. The molecule has 1 aliphatic carbocycles. The van der Waals surface area contributed by atoms with Crippen molar-refractivity contribution >= 4 is 27.7 Å². The lowest BCUT2D eigenvalue weighted by molar-refractivity contribution is -0.142. The van der Waals surface area contributed by atoms with Crippen molar-refractivity contribution in [1.82, 2.24) is 14.5 Å². The molecule has 9 nitrogen and oxygen atoms in total. The summed E-state index contributed by atoms with van der Waals surface area (Å²) in [4.78, 5) is 29.9. The normalized spacial score (nSPS) is 24.7. The fourth-order valence-corrected chi connectivity index (χ4v) is 6.93. The highest BCUT2D eigenvalue weighted by Gasteiger charge is 2.49. The molecule has 200 valence electrons. The summed E-state index contributed by atoms with van der Waals surface area (Å²) in [6.07, 6.45) is 6.49. The van der Waals surface area contributed by atoms with Crippen molar-refractivity contribution in [3.63, 3.8) is 0 Å². The van der Waals surface area contributed by atoms with Gasteiger partial charge in [0.25, 0.3) is 10.2 Å². The van der Waals surface area contributed by atoms with Gasteiger partial charge < -0.3 is 15.1 Å². The molecule has 10 heteroatoms. The van der Waals surface area contributed by atoms with Crippen LogP contribution in [-0.4, -0.2) is 62.3 Å². The second-order valence-electron chi connectivity index (χ2n) is 11.1. The van der Waals surface area contributed by atoms with Gasteiger partial charge in [0.1, 0.15) is 0 Å². The Hall–Kier alpha value is -2.01. The number of hydrogen-bond acceptors (Lipinski definition) is 5. The topological polar surface area (TPSA) is 125 Å². The predicted octanol–water partition coefficient (Wildman–Crippen LogP) is 2.33. The van der Waals surface area contributed by atoms with E-state index in [0.717, 1.165) is 48.9 Å². The van der Waals surface area contributed by atoms with Gasteiger partial charge in [-0.3, -0.25) is 9.59 Å². The first-order valence-electron chi connectivity index (χ1n) is 13.2. The van der Waals surface area contributed by atoms with Crippen LogP contribution in [0.5, 0.6) is 0 Å². The average Bonchev–Trinajstić information content (AvgIpc) is 2.81. The van der Waals surface area contributed by atoms with E-state index in [4.69, 9.17) is 5.14 Å². The fourth-order valence-electron chi connectivity index (χ4n) is 6.56. The third kappa shape index (κ3) is 5.93. The highest BCUT2D eigenvalue weighted by atomic mass is 32.2. The minimum atomic E-state index is -3.83. The Bertz CT molecular complexity index is 1070. The molecule has 2 fully saturated rings. The largest absolute Gasteiger partial charge is 0.336 e. The van der Waals surface area contributed by atoms with Crippen molar-refractivity contribution in [1.29, 1.82) is 0 Å². The number of fused-ring (bicyclic) bond motifs is 2. The number of benzene rings is 1. The molecule has 36 heavy (non-hydrogen) atoms. The van der Waals surface area contributed by atoms with Crippen LogP contribution in [0.3, 0.4) is 0 Å². The molecule has 2 amide bonds. The van der Waals surface area contributed by atoms with Crippen molar-refractivity contribution in [2.24, 2.45) is 17.0 Å². The maximum atomic E-state index is 13.9. The van der Waals surface area contributed by atoms with Gasteiger partial charge in [0.05, 0.1) is 5.41 Å². The molecule has 1 spiro atoms. The van der Waals surface area contributed by atoms with Crippen LogP contribution in [0.15, 0.2) is 18.2 Å². The van der Waals surface area contributed by atoms with Crippen molar-refractivity contribution in [2.75, 3.05) is 31.5 Å². The van der Waals surface area contributed by atoms with Crippen LogP contribution in [-0.2, 0) is 31.8 Å². The summed E-state index contributed by atoms with van der Waals surface area (Å²) in [6.45, 7) is 8.54. The number of nitrogens with zero attached hydrogens (tertiary/aromatic N) is 2. The van der Waals surface area contributed by atoms with E-state index < -0.39 is 15.6 Å². The molecule has 0 aromatic heterocycles. The molecule has 0 unspecified atom stereocenters. The van der Waals surface area contributed by atoms with E-state index in [2.05, 4.69) is 28.8 Å². The van der Waals surface area contributed by atoms with E-state index in [1.165, 1.54) is 32.6 Å². The number of nitrogens with one attached hydrogen (secondary N) is 2. The number of amides is 2. The van der Waals surface area contributed by atoms with Crippen molar-refractivity contribution in [2.45, 2.75) is 77.3 Å². The van der Waals surface area contributed by atoms with Gasteiger partial charge >= 0.3 is 0 Å². The molecule has 2 aliphatic heterocycles. The second-order valence-corrected chi connectivity index (χ2v) is 12.5. The number of piperidine rings is 1. The minimum Gasteiger partial charge on any atom is -0.336 e. The van der Waals surface area contributed by atoms with Gasteiger partial charge in [0.2, 0.25) is 11.8 Å². The number of anilines is 1. The van der Waals surface area contributed by atoms with Crippen molar-refractivity contribution < 1.29 is 18.0 Å². The summed E-state index contributed by atoms with van der Waals surface area (Å²) in [5, 5.41) is 7.93. The van der Waals surface area contributed by atoms with Crippen LogP contribution >= 0.6 is 0 Å². The highest BCUT2D eigenvalue weighted by Crippen LogP contribution is 2.45. The second kappa shape index (κ2) is 10.8. The smallest absolute Gasteiger partial charge is 0.274 e. The molecule has 1 aromatic carbocycles. The van der Waals surface area contributed by atoms with Crippen LogP contribution in [0.4, 0.5) is 5.69 Å². The zero-order chi connectivity index (χ0) is 26.1. The fraction of sp³-hybridized carbons (Fsp3) is 0.692. The van der Waals surface area contributed by atoms with Crippen LogP contribution in [0.25, 0.3) is 0 Å². The molecular formula is C26H41N5O4S. The van der Waals surface area contributed by atoms with Gasteiger partial charge in [-0.2, -0.15) is 8.42 Å². The first-order valence-corrected chi connectivity index (χ1v) is 14.7. The molecule has 0 bridgehead atoms. The van der Waals surface area contributed by atoms with Crippen LogP contribution in [0.2, 0.25) is 0 Å². The molecule has 3 aliphatic rings. The van der Waals surface area contributed by atoms with Gasteiger partial charge in [-0.25, -0.2) is 9.86 Å². The van der Waals surface area contributed by atoms with E-state index in [9.17, 15) is 18.0 Å². The number of carbonyl (C=O) groups excluding carboxylic acids is 2. The van der Waals surface area contributed by atoms with E-state index in [1.807, 2.05) is 18.2 Å². The molecule has 1 saturated carbocycles. The number of hydrogen-bond donors (Lipinski definition) is 3. The summed E-state index contributed by atoms with van der Waals surface area (Å²) in [7, 11) is -3.83. The molecule has 0 radical (unpaired) electrons. The van der Waals surface area contributed by atoms with Gasteiger partial charge in [-0.15, -0.1) is 0 Å². The third-order valence-corrected chi connectivity index (χ3v) is 9.14. The first-order chi connectivity index (χ1) is 17.0. The number of carbonyl (C=O) groups is 2. The standard InChI is InChI=1S/C26H41N5O4S/c1-18(2)20-4-7-23(8-5-20)30-13-10-26(11-14-30)24-9-6-22(29-19(3)32)16-21(24)17-31(25(26)33)15-12-28-36(27,34)35/h6,9,16,18,20,23,28H,4-5,7-8,10-15,17H2,1-3H3,(H,29,32)(H2,27,34,35)/t20-,23+. The molecular weight excluding hydrogens is 478 g/mol. The summed E-state index contributed by atoms with van der Waals surface area (Å²) in [5.74, 6) is 1.47. The number of nitrogens with two attached hydrogens (primary N) is 1. The maximum Gasteiger partial charge on any atom is 0.274 e. The lowest BCUT2D eigenvalue weighted by atomic mass is 9.67. The highest BCUT2D eigenvalue weighted by molar-refractivity contribution is 7.87. The summed E-state index contributed by atoms with van der Waals surface area (Å²) in [5.41, 5.74) is 2.12. The van der Waals surface area contributed by atoms with E-state index in [1.54, 1.807) is 4.90 Å². The SMILES string of the molecule is CC(=O)Nc1ccc2c(c1)CN(CCNS(N)(=O)=O)C(=O)C21CCN([C@H]2CC[C@@H](C(C)C)CC2)CC1. The summed E-state index contributed by atoms with van der Waals surface area (Å²) in [6, 6.07) is 6.42. The lowest BCUT2D eigenvalue weighted by Crippen LogP contribution is -2.58. The van der Waals surface area contributed by atoms with Crippen LogP contribution < -0.4 is 15.2 Å². The Morgan fingerprint density at radius 1 is 1.17 bits per heavy atom. The molecule has 0 atom stereocenters. The minimum absolute atomic E-state index is 0.0571. The van der Waals surface area contributed by atoms with Crippen LogP contribution in [0, 0.1) is 11.8 Å². The quantitative estimate of drug-likeness (QED) is 0.510. The van der Waals surface area contributed by atoms with Crippen molar-refractivity contribution in [3.05, 3.63) is 29.3 Å². The Morgan fingerprint density at radius 2 is 1.83 bits per heavy atom. The van der Waals surface area contributed by atoms with E-state index in [0.29, 0.717) is 18.3 Å². The zero-order valence-corrected chi connectivity index (χ0v) is 22.6. The number of rotatable bonds is 7. The first kappa shape index (κ1) is 27.0. The lowest BCUT2D eigenvalue weighted by Gasteiger charge is -2.49. The third-order valence-electron chi connectivity index (χ3n) is 8.54. The Labute approximate surface area is 215 Å². The Balaban J connectivity index is 1.53. The summed E-state index contributed by atoms with van der Waals surface area (Å²) < 4.78 is 25.0. The predicted molar refractivity (Wildman–Crippen MR) is 140 cm³/mol. The zero-order valence-electron chi connectivity index (χ0n) is 21.8. The Kier molecular flexibility index (Phi) is 8.09. The van der Waals surface area contributed by atoms with Gasteiger partial charge in [-0.1, -0.05) is 19.9 Å². The average molecular weight is 520 g/mol. The number of likely N-dealkylation sites (tertiary alicyclic amines) is 1. The van der Waals surface area contributed by atoms with Crippen LogP contribution in [0.1, 0.15) is 70.4 Å². The van der Waals surface area contributed by atoms with Gasteiger partial charge in [-0.05, 0) is 86.7 Å². The van der Waals surface area contributed by atoms with E-state index >= 15 is 0 Å². The molecule has 1 saturated heterocycles. The van der Waals surface area contributed by atoms with Gasteiger partial charge in [0, 0.05) is 38.3 Å². The molecule has 4 rings (SSSR count).